The van der Waals surface area contributed by atoms with Gasteiger partial charge in [-0.3, -0.25) is 4.57 Å². The first-order chi connectivity index (χ1) is 9.61. The summed E-state index contributed by atoms with van der Waals surface area (Å²) in [5, 5.41) is 0. The highest BCUT2D eigenvalue weighted by Gasteiger charge is 2.17. The topological polar surface area (TPSA) is 43.8 Å². The maximum absolute atomic E-state index is 14.0. The van der Waals surface area contributed by atoms with E-state index in [2.05, 4.69) is 4.98 Å². The van der Waals surface area contributed by atoms with Gasteiger partial charge in [0, 0.05) is 12.1 Å². The van der Waals surface area contributed by atoms with Gasteiger partial charge in [-0.15, -0.1) is 0 Å². The lowest BCUT2D eigenvalue weighted by atomic mass is 10.2. The third kappa shape index (κ3) is 1.82. The van der Waals surface area contributed by atoms with E-state index in [-0.39, 0.29) is 5.69 Å². The highest BCUT2D eigenvalue weighted by atomic mass is 19.1. The predicted molar refractivity (Wildman–Crippen MR) is 74.8 cm³/mol. The first-order valence-electron chi connectivity index (χ1n) is 6.33. The molecule has 2 N–H and O–H groups in total. The number of aromatic nitrogens is 2. The number of para-hydroxylation sites is 1. The van der Waals surface area contributed by atoms with Gasteiger partial charge in [-0.25, -0.2) is 13.8 Å². The molecule has 102 valence electrons. The minimum Gasteiger partial charge on any atom is -0.399 e. The summed E-state index contributed by atoms with van der Waals surface area (Å²) in [7, 11) is 0. The Balaban J connectivity index is 2.40. The van der Waals surface area contributed by atoms with Crippen molar-refractivity contribution < 1.29 is 8.78 Å². The van der Waals surface area contributed by atoms with Crippen molar-refractivity contribution in [2.45, 2.75) is 13.3 Å². The van der Waals surface area contributed by atoms with Gasteiger partial charge in [0.1, 0.15) is 23.1 Å². The van der Waals surface area contributed by atoms with Crippen molar-refractivity contribution in [2.75, 3.05) is 5.73 Å². The Kier molecular flexibility index (Phi) is 2.89. The Morgan fingerprint density at radius 3 is 2.50 bits per heavy atom. The van der Waals surface area contributed by atoms with Gasteiger partial charge in [-0.1, -0.05) is 13.0 Å². The van der Waals surface area contributed by atoms with Crippen LogP contribution in [0.3, 0.4) is 0 Å². The number of rotatable bonds is 2. The fraction of sp³-hybridized carbons (Fsp3) is 0.133. The molecule has 1 aromatic heterocycles. The molecule has 1 heterocycles. The van der Waals surface area contributed by atoms with E-state index in [0.29, 0.717) is 29.0 Å². The summed E-state index contributed by atoms with van der Waals surface area (Å²) in [6.45, 7) is 1.89. The molecule has 0 bridgehead atoms. The van der Waals surface area contributed by atoms with E-state index in [1.165, 1.54) is 22.8 Å². The number of anilines is 1. The molecular weight excluding hydrogens is 260 g/mol. The number of nitrogen functional groups attached to an aromatic ring is 1. The molecule has 5 heteroatoms. The normalized spacial score (nSPS) is 11.2. The quantitative estimate of drug-likeness (QED) is 0.727. The van der Waals surface area contributed by atoms with Crippen molar-refractivity contribution in [1.82, 2.24) is 9.55 Å². The minimum atomic E-state index is -0.615. The lowest BCUT2D eigenvalue weighted by Gasteiger charge is -2.10. The summed E-state index contributed by atoms with van der Waals surface area (Å²) in [6.07, 6.45) is 0.558. The van der Waals surface area contributed by atoms with Crippen LogP contribution in [0.5, 0.6) is 0 Å². The largest absolute Gasteiger partial charge is 0.399 e. The summed E-state index contributed by atoms with van der Waals surface area (Å²) in [6, 6.07) is 8.93. The first kappa shape index (κ1) is 12.6. The highest BCUT2D eigenvalue weighted by molar-refractivity contribution is 5.81. The van der Waals surface area contributed by atoms with Gasteiger partial charge >= 0.3 is 0 Å². The molecule has 3 aromatic rings. The molecule has 3 rings (SSSR count). The Morgan fingerprint density at radius 2 is 1.85 bits per heavy atom. The number of hydrogen-bond donors (Lipinski definition) is 1. The van der Waals surface area contributed by atoms with Gasteiger partial charge in [0.2, 0.25) is 0 Å². The van der Waals surface area contributed by atoms with E-state index in [1.54, 1.807) is 18.2 Å². The van der Waals surface area contributed by atoms with Crippen LogP contribution < -0.4 is 5.73 Å². The molecule has 0 aliphatic heterocycles. The molecule has 20 heavy (non-hydrogen) atoms. The molecular formula is C15H13F2N3. The highest BCUT2D eigenvalue weighted by Crippen LogP contribution is 2.27. The number of fused-ring (bicyclic) bond motifs is 1. The van der Waals surface area contributed by atoms with Crippen LogP contribution in [0, 0.1) is 11.6 Å². The van der Waals surface area contributed by atoms with E-state index in [9.17, 15) is 8.78 Å². The number of nitrogens with two attached hydrogens (primary N) is 1. The number of aryl methyl sites for hydroxylation is 1. The molecule has 0 aliphatic carbocycles. The summed E-state index contributed by atoms with van der Waals surface area (Å²) in [4.78, 5) is 4.40. The van der Waals surface area contributed by atoms with E-state index >= 15 is 0 Å². The molecule has 2 aromatic carbocycles. The summed E-state index contributed by atoms with van der Waals surface area (Å²) < 4.78 is 29.6. The third-order valence-electron chi connectivity index (χ3n) is 3.23. The van der Waals surface area contributed by atoms with Gasteiger partial charge in [0.15, 0.2) is 0 Å². The average Bonchev–Trinajstić information content (AvgIpc) is 2.76. The number of hydrogen-bond acceptors (Lipinski definition) is 2. The van der Waals surface area contributed by atoms with Crippen LogP contribution in [0.25, 0.3) is 16.7 Å². The number of imidazole rings is 1. The van der Waals surface area contributed by atoms with Crippen LogP contribution in [0.2, 0.25) is 0 Å². The summed E-state index contributed by atoms with van der Waals surface area (Å²) in [5.74, 6) is -0.638. The van der Waals surface area contributed by atoms with Crippen LogP contribution in [-0.4, -0.2) is 9.55 Å². The average molecular weight is 273 g/mol. The van der Waals surface area contributed by atoms with E-state index < -0.39 is 11.6 Å². The Bertz CT molecular complexity index is 773. The Labute approximate surface area is 114 Å². The zero-order valence-corrected chi connectivity index (χ0v) is 10.9. The zero-order valence-electron chi connectivity index (χ0n) is 10.9. The van der Waals surface area contributed by atoms with E-state index in [0.717, 1.165) is 0 Å². The van der Waals surface area contributed by atoms with Gasteiger partial charge in [0.25, 0.3) is 0 Å². The molecule has 0 atom stereocenters. The van der Waals surface area contributed by atoms with E-state index in [4.69, 9.17) is 5.73 Å². The van der Waals surface area contributed by atoms with Crippen molar-refractivity contribution in [3.8, 4) is 5.69 Å². The second-order valence-corrected chi connectivity index (χ2v) is 4.54. The van der Waals surface area contributed by atoms with Gasteiger partial charge in [-0.05, 0) is 30.3 Å². The molecule has 0 fully saturated rings. The maximum Gasteiger partial charge on any atom is 0.150 e. The number of halogens is 2. The maximum atomic E-state index is 14.0. The van der Waals surface area contributed by atoms with Crippen LogP contribution in [0.4, 0.5) is 14.5 Å². The second kappa shape index (κ2) is 4.59. The molecule has 0 amide bonds. The van der Waals surface area contributed by atoms with Gasteiger partial charge in [-0.2, -0.15) is 0 Å². The van der Waals surface area contributed by atoms with Crippen LogP contribution in [-0.2, 0) is 6.42 Å². The SMILES string of the molecule is CCc1nc2cc(N)ccc2n1-c1c(F)cccc1F. The Morgan fingerprint density at radius 1 is 1.15 bits per heavy atom. The minimum absolute atomic E-state index is 0.100. The smallest absolute Gasteiger partial charge is 0.150 e. The zero-order chi connectivity index (χ0) is 14.3. The number of nitrogens with zero attached hydrogens (tertiary/aromatic N) is 2. The second-order valence-electron chi connectivity index (χ2n) is 4.54. The van der Waals surface area contributed by atoms with Crippen molar-refractivity contribution in [2.24, 2.45) is 0 Å². The fourth-order valence-corrected chi connectivity index (χ4v) is 2.34. The lowest BCUT2D eigenvalue weighted by Crippen LogP contribution is -2.05. The molecule has 0 saturated carbocycles. The monoisotopic (exact) mass is 273 g/mol. The van der Waals surface area contributed by atoms with Crippen molar-refractivity contribution in [1.29, 1.82) is 0 Å². The molecule has 0 spiro atoms. The van der Waals surface area contributed by atoms with Gasteiger partial charge < -0.3 is 5.73 Å². The summed E-state index contributed by atoms with van der Waals surface area (Å²) >= 11 is 0. The molecule has 0 aliphatic rings. The molecule has 0 saturated heterocycles. The van der Waals surface area contributed by atoms with Crippen LogP contribution >= 0.6 is 0 Å². The van der Waals surface area contributed by atoms with Crippen molar-refractivity contribution in [3.63, 3.8) is 0 Å². The molecule has 0 unspecified atom stereocenters. The first-order valence-corrected chi connectivity index (χ1v) is 6.33. The van der Waals surface area contributed by atoms with Crippen LogP contribution in [0.1, 0.15) is 12.7 Å². The standard InChI is InChI=1S/C15H13F2N3/c1-2-14-19-12-8-9(18)6-7-13(12)20(14)15-10(16)4-3-5-11(15)17/h3-8H,2,18H2,1H3. The molecule has 3 nitrogen and oxygen atoms in total. The fourth-order valence-electron chi connectivity index (χ4n) is 2.34. The number of benzene rings is 2. The lowest BCUT2D eigenvalue weighted by molar-refractivity contribution is 0.568. The molecule has 0 radical (unpaired) electrons. The summed E-state index contributed by atoms with van der Waals surface area (Å²) in [5.41, 5.74) is 7.46. The van der Waals surface area contributed by atoms with E-state index in [1.807, 2.05) is 6.92 Å². The Hall–Kier alpha value is -2.43. The van der Waals surface area contributed by atoms with Gasteiger partial charge in [0.05, 0.1) is 11.0 Å². The van der Waals surface area contributed by atoms with Crippen LogP contribution in [0.15, 0.2) is 36.4 Å². The predicted octanol–water partition coefficient (Wildman–Crippen LogP) is 3.45. The van der Waals surface area contributed by atoms with Crippen molar-refractivity contribution in [3.05, 3.63) is 53.9 Å². The third-order valence-corrected chi connectivity index (χ3v) is 3.23. The van der Waals surface area contributed by atoms with Crippen molar-refractivity contribution >= 4 is 16.7 Å².